The predicted molar refractivity (Wildman–Crippen MR) is 97.9 cm³/mol. The number of carbonyl (C=O) groups excluding carboxylic acids is 2. The molecule has 0 spiro atoms. The van der Waals surface area contributed by atoms with Gasteiger partial charge < -0.3 is 4.74 Å². The van der Waals surface area contributed by atoms with Gasteiger partial charge in [0.25, 0.3) is 0 Å². The highest BCUT2D eigenvalue weighted by molar-refractivity contribution is 7.90. The lowest BCUT2D eigenvalue weighted by Gasteiger charge is -2.41. The van der Waals surface area contributed by atoms with Crippen molar-refractivity contribution < 1.29 is 35.9 Å². The van der Waals surface area contributed by atoms with Crippen LogP contribution in [0.2, 0.25) is 0 Å². The van der Waals surface area contributed by atoms with Gasteiger partial charge in [-0.15, -0.1) is 0 Å². The molecule has 2 aliphatic rings. The van der Waals surface area contributed by atoms with E-state index in [1.807, 2.05) is 0 Å². The summed E-state index contributed by atoms with van der Waals surface area (Å²) in [6, 6.07) is 3.15. The summed E-state index contributed by atoms with van der Waals surface area (Å²) in [5, 5.41) is 0. The Morgan fingerprint density at radius 1 is 1.17 bits per heavy atom. The molecule has 1 aromatic carbocycles. The van der Waals surface area contributed by atoms with Crippen LogP contribution in [0.5, 0.6) is 0 Å². The molecule has 3 rings (SSSR count). The van der Waals surface area contributed by atoms with Crippen LogP contribution in [0, 0.1) is 5.92 Å². The highest BCUT2D eigenvalue weighted by Crippen LogP contribution is 2.44. The molecule has 1 heterocycles. The highest BCUT2D eigenvalue weighted by atomic mass is 32.2. The number of hydrogen-bond acceptors (Lipinski definition) is 5. The number of ether oxygens (including phenoxy) is 1. The molecule has 1 aliphatic carbocycles. The number of cyclic esters (lactones) is 1. The van der Waals surface area contributed by atoms with Crippen molar-refractivity contribution in [2.75, 3.05) is 6.26 Å². The molecule has 1 atom stereocenters. The third kappa shape index (κ3) is 4.82. The van der Waals surface area contributed by atoms with Crippen LogP contribution in [0.3, 0.4) is 0 Å². The minimum absolute atomic E-state index is 0.00748. The standard InChI is InChI=1S/C20H23F3O5S/c1-29(26,27)17-7-6-13(10-16(17)20(21,22)23)8-9-19(14-4-2-3-5-14)12-15(24)11-18(25)28-19/h6-7,10,14H,2-5,8-9,11-12H2,1H3. The van der Waals surface area contributed by atoms with Crippen molar-refractivity contribution >= 4 is 21.6 Å². The zero-order chi connectivity index (χ0) is 21.4. The average molecular weight is 432 g/mol. The van der Waals surface area contributed by atoms with Crippen molar-refractivity contribution in [2.45, 2.75) is 68.0 Å². The van der Waals surface area contributed by atoms with Gasteiger partial charge >= 0.3 is 12.1 Å². The molecule has 1 aromatic rings. The number of carbonyl (C=O) groups is 2. The van der Waals surface area contributed by atoms with E-state index in [1.54, 1.807) is 0 Å². The van der Waals surface area contributed by atoms with Crippen LogP contribution in [0.4, 0.5) is 13.2 Å². The Balaban J connectivity index is 1.90. The van der Waals surface area contributed by atoms with Gasteiger partial charge in [-0.25, -0.2) is 8.42 Å². The van der Waals surface area contributed by atoms with E-state index in [4.69, 9.17) is 4.74 Å². The van der Waals surface area contributed by atoms with E-state index < -0.39 is 38.0 Å². The number of halogens is 3. The fourth-order valence-corrected chi connectivity index (χ4v) is 5.40. The van der Waals surface area contributed by atoms with Crippen LogP contribution >= 0.6 is 0 Å². The summed E-state index contributed by atoms with van der Waals surface area (Å²) in [4.78, 5) is 23.3. The molecule has 29 heavy (non-hydrogen) atoms. The summed E-state index contributed by atoms with van der Waals surface area (Å²) in [5.41, 5.74) is -1.91. The fourth-order valence-electron chi connectivity index (χ4n) is 4.51. The van der Waals surface area contributed by atoms with E-state index in [0.29, 0.717) is 0 Å². The molecule has 2 fully saturated rings. The van der Waals surface area contributed by atoms with Gasteiger partial charge in [0, 0.05) is 12.7 Å². The summed E-state index contributed by atoms with van der Waals surface area (Å²) in [6.07, 6.45) is -0.368. The Kier molecular flexibility index (Phi) is 5.82. The van der Waals surface area contributed by atoms with E-state index in [1.165, 1.54) is 6.07 Å². The smallest absolute Gasteiger partial charge is 0.417 e. The summed E-state index contributed by atoms with van der Waals surface area (Å²) in [5.74, 6) is -0.791. The number of Topliss-reactive ketones (excluding diaryl/α,β-unsaturated/α-hetero) is 1. The van der Waals surface area contributed by atoms with Crippen molar-refractivity contribution in [2.24, 2.45) is 5.92 Å². The first-order valence-corrected chi connectivity index (χ1v) is 11.4. The second-order valence-electron chi connectivity index (χ2n) is 8.01. The Morgan fingerprint density at radius 3 is 2.38 bits per heavy atom. The topological polar surface area (TPSA) is 77.5 Å². The van der Waals surface area contributed by atoms with E-state index in [9.17, 15) is 31.2 Å². The number of rotatable bonds is 5. The summed E-state index contributed by atoms with van der Waals surface area (Å²) < 4.78 is 69.3. The lowest BCUT2D eigenvalue weighted by molar-refractivity contribution is -0.178. The molecular weight excluding hydrogens is 409 g/mol. The lowest BCUT2D eigenvalue weighted by Crippen LogP contribution is -2.48. The third-order valence-electron chi connectivity index (χ3n) is 5.84. The van der Waals surface area contributed by atoms with Crippen LogP contribution in [0.25, 0.3) is 0 Å². The Hall–Kier alpha value is -1.90. The zero-order valence-electron chi connectivity index (χ0n) is 16.0. The van der Waals surface area contributed by atoms with Crippen molar-refractivity contribution in [3.05, 3.63) is 29.3 Å². The molecule has 0 radical (unpaired) electrons. The molecular formula is C20H23F3O5S. The number of ketones is 1. The molecule has 0 amide bonds. The van der Waals surface area contributed by atoms with E-state index in [-0.39, 0.29) is 42.9 Å². The maximum atomic E-state index is 13.4. The van der Waals surface area contributed by atoms with Gasteiger partial charge in [-0.1, -0.05) is 18.9 Å². The van der Waals surface area contributed by atoms with Crippen molar-refractivity contribution in [1.29, 1.82) is 0 Å². The van der Waals surface area contributed by atoms with Crippen LogP contribution in [0.1, 0.15) is 56.1 Å². The largest absolute Gasteiger partial charge is 0.458 e. The number of sulfone groups is 1. The van der Waals surface area contributed by atoms with Gasteiger partial charge in [0.05, 0.1) is 10.5 Å². The fraction of sp³-hybridized carbons (Fsp3) is 0.600. The summed E-state index contributed by atoms with van der Waals surface area (Å²) in [6.45, 7) is 0. The first-order chi connectivity index (χ1) is 13.4. The monoisotopic (exact) mass is 432 g/mol. The van der Waals surface area contributed by atoms with Gasteiger partial charge in [0.2, 0.25) is 0 Å². The molecule has 9 heteroatoms. The predicted octanol–water partition coefficient (Wildman–Crippen LogP) is 3.88. The third-order valence-corrected chi connectivity index (χ3v) is 6.99. The lowest BCUT2D eigenvalue weighted by atomic mass is 9.76. The van der Waals surface area contributed by atoms with Crippen LogP contribution < -0.4 is 0 Å². The van der Waals surface area contributed by atoms with E-state index in [0.717, 1.165) is 44.1 Å². The number of alkyl halides is 3. The van der Waals surface area contributed by atoms with Crippen LogP contribution in [-0.4, -0.2) is 32.0 Å². The Morgan fingerprint density at radius 2 is 1.83 bits per heavy atom. The van der Waals surface area contributed by atoms with Crippen LogP contribution in [0.15, 0.2) is 23.1 Å². The molecule has 1 saturated carbocycles. The zero-order valence-corrected chi connectivity index (χ0v) is 16.9. The minimum Gasteiger partial charge on any atom is -0.458 e. The van der Waals surface area contributed by atoms with Gasteiger partial charge in [0.15, 0.2) is 9.84 Å². The summed E-state index contributed by atoms with van der Waals surface area (Å²) in [7, 11) is -4.04. The summed E-state index contributed by atoms with van der Waals surface area (Å²) >= 11 is 0. The second-order valence-corrected chi connectivity index (χ2v) is 10.00. The SMILES string of the molecule is CS(=O)(=O)c1ccc(CCC2(C3CCCC3)CC(=O)CC(=O)O2)cc1C(F)(F)F. The Bertz CT molecular complexity index is 899. The average Bonchev–Trinajstić information content (AvgIpc) is 3.12. The number of esters is 1. The molecule has 5 nitrogen and oxygen atoms in total. The molecule has 160 valence electrons. The molecule has 1 saturated heterocycles. The molecule has 0 aromatic heterocycles. The molecule has 0 bridgehead atoms. The van der Waals surface area contributed by atoms with Crippen molar-refractivity contribution in [3.63, 3.8) is 0 Å². The molecule has 1 aliphatic heterocycles. The Labute approximate surface area is 167 Å². The quantitative estimate of drug-likeness (QED) is 0.521. The van der Waals surface area contributed by atoms with Crippen molar-refractivity contribution in [1.82, 2.24) is 0 Å². The van der Waals surface area contributed by atoms with Crippen molar-refractivity contribution in [3.8, 4) is 0 Å². The van der Waals surface area contributed by atoms with Gasteiger partial charge in [-0.2, -0.15) is 13.2 Å². The van der Waals surface area contributed by atoms with Gasteiger partial charge in [-0.05, 0) is 49.3 Å². The number of benzene rings is 1. The van der Waals surface area contributed by atoms with E-state index >= 15 is 0 Å². The first kappa shape index (κ1) is 21.8. The number of aryl methyl sites for hydroxylation is 1. The maximum Gasteiger partial charge on any atom is 0.417 e. The minimum atomic E-state index is -4.81. The molecule has 1 unspecified atom stereocenters. The van der Waals surface area contributed by atoms with Gasteiger partial charge in [0.1, 0.15) is 17.8 Å². The van der Waals surface area contributed by atoms with Crippen LogP contribution in [-0.2, 0) is 36.8 Å². The van der Waals surface area contributed by atoms with Gasteiger partial charge in [-0.3, -0.25) is 9.59 Å². The second kappa shape index (κ2) is 7.74. The normalized spacial score (nSPS) is 24.0. The highest BCUT2D eigenvalue weighted by Gasteiger charge is 2.47. The first-order valence-electron chi connectivity index (χ1n) is 9.54. The maximum absolute atomic E-state index is 13.4. The molecule has 0 N–H and O–H groups in total. The number of hydrogen-bond donors (Lipinski definition) is 0. The van der Waals surface area contributed by atoms with E-state index in [2.05, 4.69) is 0 Å².